The lowest BCUT2D eigenvalue weighted by Crippen LogP contribution is -2.39. The van der Waals surface area contributed by atoms with Crippen molar-refractivity contribution in [3.63, 3.8) is 0 Å². The van der Waals surface area contributed by atoms with Crippen molar-refractivity contribution in [3.05, 3.63) is 35.4 Å². The third-order valence-electron chi connectivity index (χ3n) is 4.78. The van der Waals surface area contributed by atoms with E-state index in [1.165, 1.54) is 49.9 Å². The molecule has 1 aromatic rings. The van der Waals surface area contributed by atoms with E-state index in [-0.39, 0.29) is 24.0 Å². The molecular weight excluding hydrogens is 411 g/mol. The summed E-state index contributed by atoms with van der Waals surface area (Å²) in [7, 11) is 0. The maximum atomic E-state index is 4.82. The molecule has 0 saturated carbocycles. The molecule has 2 aliphatic rings. The topological polar surface area (TPSA) is 30.9 Å². The minimum atomic E-state index is 0. The first-order valence-electron chi connectivity index (χ1n) is 9.18. The molecule has 0 bridgehead atoms. The molecule has 5 heteroatoms. The molecule has 0 aromatic heterocycles. The van der Waals surface area contributed by atoms with Gasteiger partial charge in [-0.15, -0.1) is 24.0 Å². The average Bonchev–Trinajstić information content (AvgIpc) is 3.26. The molecule has 0 atom stereocenters. The molecule has 1 N–H and O–H groups in total. The Morgan fingerprint density at radius 3 is 2.17 bits per heavy atom. The number of rotatable bonds is 5. The lowest BCUT2D eigenvalue weighted by molar-refractivity contribution is 0.331. The summed E-state index contributed by atoms with van der Waals surface area (Å²) in [5.41, 5.74) is 2.72. The van der Waals surface area contributed by atoms with E-state index < -0.39 is 0 Å². The number of hydrogen-bond acceptors (Lipinski definition) is 2. The Hall–Kier alpha value is -0.820. The molecule has 1 aromatic carbocycles. The molecule has 4 nitrogen and oxygen atoms in total. The number of aliphatic imine (C=N–C) groups is 1. The second kappa shape index (κ2) is 10.2. The number of guanidine groups is 1. The minimum Gasteiger partial charge on any atom is -0.357 e. The van der Waals surface area contributed by atoms with E-state index in [1.807, 2.05) is 0 Å². The zero-order chi connectivity index (χ0) is 15.9. The molecule has 0 amide bonds. The van der Waals surface area contributed by atoms with Crippen molar-refractivity contribution in [3.8, 4) is 0 Å². The standard InChI is InChI=1S/C19H30N4.HI/c1-2-20-19(23-13-5-6-14-23)21-15-17-7-9-18(10-8-17)16-22-11-3-4-12-22;/h7-10H,2-6,11-16H2,1H3,(H,20,21);1H. The molecule has 2 saturated heterocycles. The molecule has 0 aliphatic carbocycles. The highest BCUT2D eigenvalue weighted by atomic mass is 127. The normalized spacial score (nSPS) is 18.7. The van der Waals surface area contributed by atoms with Gasteiger partial charge in [-0.25, -0.2) is 4.99 Å². The molecule has 2 fully saturated rings. The number of halogens is 1. The van der Waals surface area contributed by atoms with Crippen LogP contribution in [0.1, 0.15) is 43.7 Å². The van der Waals surface area contributed by atoms with Crippen LogP contribution in [-0.2, 0) is 13.1 Å². The SMILES string of the molecule is CCNC(=NCc1ccc(CN2CCCC2)cc1)N1CCCC1.I. The Bertz CT molecular complexity index is 503. The van der Waals surface area contributed by atoms with Crippen LogP contribution in [0.2, 0.25) is 0 Å². The van der Waals surface area contributed by atoms with E-state index in [0.29, 0.717) is 0 Å². The molecule has 2 aliphatic heterocycles. The largest absolute Gasteiger partial charge is 0.357 e. The van der Waals surface area contributed by atoms with Gasteiger partial charge in [0.1, 0.15) is 0 Å². The van der Waals surface area contributed by atoms with E-state index in [4.69, 9.17) is 4.99 Å². The van der Waals surface area contributed by atoms with Crippen molar-refractivity contribution in [2.75, 3.05) is 32.7 Å². The summed E-state index contributed by atoms with van der Waals surface area (Å²) in [5, 5.41) is 3.42. The number of hydrogen-bond donors (Lipinski definition) is 1. The highest BCUT2D eigenvalue weighted by Gasteiger charge is 2.15. The van der Waals surface area contributed by atoms with Crippen LogP contribution in [0.3, 0.4) is 0 Å². The molecule has 2 heterocycles. The molecule has 0 radical (unpaired) electrons. The first-order chi connectivity index (χ1) is 11.3. The van der Waals surface area contributed by atoms with Crippen LogP contribution in [0.4, 0.5) is 0 Å². The van der Waals surface area contributed by atoms with Crippen molar-refractivity contribution in [1.82, 2.24) is 15.1 Å². The Morgan fingerprint density at radius 1 is 0.958 bits per heavy atom. The van der Waals surface area contributed by atoms with Crippen molar-refractivity contribution < 1.29 is 0 Å². The Morgan fingerprint density at radius 2 is 1.54 bits per heavy atom. The number of benzene rings is 1. The summed E-state index contributed by atoms with van der Waals surface area (Å²) in [6.45, 7) is 9.73. The Balaban J connectivity index is 0.00000208. The van der Waals surface area contributed by atoms with E-state index in [2.05, 4.69) is 46.3 Å². The summed E-state index contributed by atoms with van der Waals surface area (Å²) in [6.07, 6.45) is 5.29. The molecule has 24 heavy (non-hydrogen) atoms. The van der Waals surface area contributed by atoms with Crippen molar-refractivity contribution in [2.45, 2.75) is 45.7 Å². The molecular formula is C19H31IN4. The second-order valence-corrected chi connectivity index (χ2v) is 6.66. The monoisotopic (exact) mass is 442 g/mol. The van der Waals surface area contributed by atoms with Crippen LogP contribution in [0, 0.1) is 0 Å². The number of nitrogens with one attached hydrogen (secondary N) is 1. The van der Waals surface area contributed by atoms with Gasteiger partial charge in [-0.1, -0.05) is 24.3 Å². The Labute approximate surface area is 163 Å². The average molecular weight is 442 g/mol. The molecule has 0 unspecified atom stereocenters. The lowest BCUT2D eigenvalue weighted by Gasteiger charge is -2.20. The van der Waals surface area contributed by atoms with Crippen LogP contribution in [0.25, 0.3) is 0 Å². The maximum absolute atomic E-state index is 4.82. The van der Waals surface area contributed by atoms with Gasteiger partial charge in [0.05, 0.1) is 6.54 Å². The van der Waals surface area contributed by atoms with Gasteiger partial charge in [-0.2, -0.15) is 0 Å². The third-order valence-corrected chi connectivity index (χ3v) is 4.78. The third kappa shape index (κ3) is 5.62. The van der Waals surface area contributed by atoms with Crippen LogP contribution in [0.15, 0.2) is 29.3 Å². The van der Waals surface area contributed by atoms with Crippen LogP contribution in [-0.4, -0.2) is 48.5 Å². The quantitative estimate of drug-likeness (QED) is 0.431. The zero-order valence-electron chi connectivity index (χ0n) is 14.8. The maximum Gasteiger partial charge on any atom is 0.194 e. The predicted octanol–water partition coefficient (Wildman–Crippen LogP) is 3.46. The van der Waals surface area contributed by atoms with Gasteiger partial charge in [0, 0.05) is 26.2 Å². The smallest absolute Gasteiger partial charge is 0.194 e. The van der Waals surface area contributed by atoms with Gasteiger partial charge in [-0.3, -0.25) is 4.90 Å². The van der Waals surface area contributed by atoms with Gasteiger partial charge < -0.3 is 10.2 Å². The van der Waals surface area contributed by atoms with E-state index >= 15 is 0 Å². The second-order valence-electron chi connectivity index (χ2n) is 6.66. The highest BCUT2D eigenvalue weighted by molar-refractivity contribution is 14.0. The molecule has 134 valence electrons. The van der Waals surface area contributed by atoms with Crippen molar-refractivity contribution >= 4 is 29.9 Å². The van der Waals surface area contributed by atoms with E-state index in [0.717, 1.165) is 38.7 Å². The highest BCUT2D eigenvalue weighted by Crippen LogP contribution is 2.14. The fraction of sp³-hybridized carbons (Fsp3) is 0.632. The van der Waals surface area contributed by atoms with Gasteiger partial charge in [0.25, 0.3) is 0 Å². The fourth-order valence-corrected chi connectivity index (χ4v) is 3.47. The summed E-state index contributed by atoms with van der Waals surface area (Å²) in [5.74, 6) is 1.08. The zero-order valence-corrected chi connectivity index (χ0v) is 17.2. The number of nitrogens with zero attached hydrogens (tertiary/aromatic N) is 3. The first kappa shape index (κ1) is 19.5. The summed E-state index contributed by atoms with van der Waals surface area (Å²) < 4.78 is 0. The van der Waals surface area contributed by atoms with Crippen LogP contribution >= 0.6 is 24.0 Å². The van der Waals surface area contributed by atoms with Crippen LogP contribution in [0.5, 0.6) is 0 Å². The lowest BCUT2D eigenvalue weighted by atomic mass is 10.1. The summed E-state index contributed by atoms with van der Waals surface area (Å²) in [4.78, 5) is 9.75. The molecule has 3 rings (SSSR count). The van der Waals surface area contributed by atoms with E-state index in [9.17, 15) is 0 Å². The first-order valence-corrected chi connectivity index (χ1v) is 9.18. The van der Waals surface area contributed by atoms with Crippen molar-refractivity contribution in [1.29, 1.82) is 0 Å². The van der Waals surface area contributed by atoms with E-state index in [1.54, 1.807) is 0 Å². The predicted molar refractivity (Wildman–Crippen MR) is 112 cm³/mol. The van der Waals surface area contributed by atoms with Crippen molar-refractivity contribution in [2.24, 2.45) is 4.99 Å². The van der Waals surface area contributed by atoms with Gasteiger partial charge in [0.15, 0.2) is 5.96 Å². The fourth-order valence-electron chi connectivity index (χ4n) is 3.47. The number of likely N-dealkylation sites (tertiary alicyclic amines) is 2. The summed E-state index contributed by atoms with van der Waals surface area (Å²) in [6, 6.07) is 9.02. The summed E-state index contributed by atoms with van der Waals surface area (Å²) >= 11 is 0. The van der Waals surface area contributed by atoms with Gasteiger partial charge in [0.2, 0.25) is 0 Å². The van der Waals surface area contributed by atoms with Gasteiger partial charge >= 0.3 is 0 Å². The molecule has 0 spiro atoms. The minimum absolute atomic E-state index is 0. The Kier molecular flexibility index (Phi) is 8.32. The van der Waals surface area contributed by atoms with Gasteiger partial charge in [-0.05, 0) is 56.8 Å². The van der Waals surface area contributed by atoms with Crippen LogP contribution < -0.4 is 5.32 Å².